The first-order valence-corrected chi connectivity index (χ1v) is 6.62. The van der Waals surface area contributed by atoms with E-state index < -0.39 is 0 Å². The predicted octanol–water partition coefficient (Wildman–Crippen LogP) is 2.94. The van der Waals surface area contributed by atoms with Gasteiger partial charge in [-0.25, -0.2) is 0 Å². The monoisotopic (exact) mass is 250 g/mol. The van der Waals surface area contributed by atoms with E-state index in [1.165, 1.54) is 5.56 Å². The van der Waals surface area contributed by atoms with Gasteiger partial charge in [0.15, 0.2) is 0 Å². The van der Waals surface area contributed by atoms with Crippen molar-refractivity contribution in [1.29, 1.82) is 0 Å². The molecule has 0 radical (unpaired) electrons. The van der Waals surface area contributed by atoms with Crippen molar-refractivity contribution in [3.05, 3.63) is 35.4 Å². The van der Waals surface area contributed by atoms with E-state index in [0.29, 0.717) is 11.0 Å². The minimum Gasteiger partial charge on any atom is -0.389 e. The molecule has 2 N–H and O–H groups in total. The first-order valence-electron chi connectivity index (χ1n) is 6.21. The van der Waals surface area contributed by atoms with E-state index in [2.05, 4.69) is 31.7 Å². The fourth-order valence-corrected chi connectivity index (χ4v) is 2.15. The molecule has 17 heavy (non-hydrogen) atoms. The number of hydrogen-bond donors (Lipinski definition) is 1. The minimum atomic E-state index is 0.487. The van der Waals surface area contributed by atoms with Gasteiger partial charge in [0.25, 0.3) is 0 Å². The lowest BCUT2D eigenvalue weighted by atomic mass is 10.1. The lowest BCUT2D eigenvalue weighted by Gasteiger charge is -2.27. The quantitative estimate of drug-likeness (QED) is 0.787. The Morgan fingerprint density at radius 1 is 1.35 bits per heavy atom. The maximum Gasteiger partial charge on any atom is 0.104 e. The zero-order chi connectivity index (χ0) is 12.8. The van der Waals surface area contributed by atoms with E-state index in [1.54, 1.807) is 0 Å². The summed E-state index contributed by atoms with van der Waals surface area (Å²) in [6.07, 6.45) is 1.16. The van der Waals surface area contributed by atoms with Gasteiger partial charge in [-0.05, 0) is 25.5 Å². The Balaban J connectivity index is 2.89. The Kier molecular flexibility index (Phi) is 5.59. The summed E-state index contributed by atoms with van der Waals surface area (Å²) in [6, 6.07) is 8.72. The topological polar surface area (TPSA) is 29.3 Å². The van der Waals surface area contributed by atoms with Crippen LogP contribution in [0.3, 0.4) is 0 Å². The molecule has 0 amide bonds. The molecule has 0 spiro atoms. The maximum absolute atomic E-state index is 5.75. The third-order valence-corrected chi connectivity index (χ3v) is 3.50. The molecule has 0 saturated carbocycles. The van der Waals surface area contributed by atoms with Crippen molar-refractivity contribution < 1.29 is 0 Å². The molecule has 0 aliphatic carbocycles. The number of benzene rings is 1. The highest BCUT2D eigenvalue weighted by Gasteiger charge is 2.13. The fraction of sp³-hybridized carbons (Fsp3) is 0.500. The summed E-state index contributed by atoms with van der Waals surface area (Å²) >= 11 is 5.09. The zero-order valence-electron chi connectivity index (χ0n) is 10.9. The van der Waals surface area contributed by atoms with Crippen LogP contribution in [-0.2, 0) is 6.54 Å². The summed E-state index contributed by atoms with van der Waals surface area (Å²) in [4.78, 5) is 2.93. The molecule has 1 rings (SSSR count). The molecule has 1 aromatic rings. The Hall–Kier alpha value is -0.930. The smallest absolute Gasteiger partial charge is 0.104 e. The molecule has 3 heteroatoms. The summed E-state index contributed by atoms with van der Waals surface area (Å²) in [5.74, 6) is 0. The molecule has 1 aromatic carbocycles. The summed E-state index contributed by atoms with van der Waals surface area (Å²) in [5.41, 5.74) is 7.98. The number of nitrogens with two attached hydrogens (primary N) is 1. The molecule has 1 atom stereocenters. The SMILES string of the molecule is CCC(C)N(CC)Cc1ccccc1C(N)=S. The first-order chi connectivity index (χ1) is 8.10. The molecular weight excluding hydrogens is 228 g/mol. The molecule has 0 heterocycles. The number of hydrogen-bond acceptors (Lipinski definition) is 2. The van der Waals surface area contributed by atoms with Crippen molar-refractivity contribution in [3.8, 4) is 0 Å². The van der Waals surface area contributed by atoms with Gasteiger partial charge in [-0.2, -0.15) is 0 Å². The van der Waals surface area contributed by atoms with Crippen molar-refractivity contribution in [2.24, 2.45) is 5.73 Å². The second kappa shape index (κ2) is 6.72. The Morgan fingerprint density at radius 2 is 2.00 bits per heavy atom. The standard InChI is InChI=1S/C14H22N2S/c1-4-11(3)16(5-2)10-12-8-6-7-9-13(12)14(15)17/h6-9,11H,4-5,10H2,1-3H3,(H2,15,17). The second-order valence-electron chi connectivity index (χ2n) is 4.34. The van der Waals surface area contributed by atoms with Gasteiger partial charge in [0.2, 0.25) is 0 Å². The predicted molar refractivity (Wildman–Crippen MR) is 78.2 cm³/mol. The molecule has 0 saturated heterocycles. The molecule has 0 aliphatic heterocycles. The van der Waals surface area contributed by atoms with Crippen LogP contribution >= 0.6 is 12.2 Å². The third-order valence-electron chi connectivity index (χ3n) is 3.28. The number of nitrogens with zero attached hydrogens (tertiary/aromatic N) is 1. The number of rotatable bonds is 6. The van der Waals surface area contributed by atoms with Crippen LogP contribution in [0.5, 0.6) is 0 Å². The van der Waals surface area contributed by atoms with E-state index in [4.69, 9.17) is 18.0 Å². The van der Waals surface area contributed by atoms with Gasteiger partial charge in [-0.3, -0.25) is 4.90 Å². The largest absolute Gasteiger partial charge is 0.389 e. The number of thiocarbonyl (C=S) groups is 1. The molecular formula is C14H22N2S. The van der Waals surface area contributed by atoms with Crippen LogP contribution in [0.4, 0.5) is 0 Å². The van der Waals surface area contributed by atoms with Crippen LogP contribution in [0.1, 0.15) is 38.3 Å². The molecule has 0 aromatic heterocycles. The lowest BCUT2D eigenvalue weighted by Crippen LogP contribution is -2.32. The molecule has 1 unspecified atom stereocenters. The molecule has 94 valence electrons. The summed E-state index contributed by atoms with van der Waals surface area (Å²) < 4.78 is 0. The molecule has 2 nitrogen and oxygen atoms in total. The van der Waals surface area contributed by atoms with Gasteiger partial charge in [0.05, 0.1) is 0 Å². The molecule has 0 aliphatic rings. The maximum atomic E-state index is 5.75. The van der Waals surface area contributed by atoms with Crippen LogP contribution < -0.4 is 5.73 Å². The fourth-order valence-electron chi connectivity index (χ4n) is 1.95. The van der Waals surface area contributed by atoms with Crippen molar-refractivity contribution in [2.75, 3.05) is 6.54 Å². The van der Waals surface area contributed by atoms with Crippen LogP contribution in [0.2, 0.25) is 0 Å². The van der Waals surface area contributed by atoms with Crippen molar-refractivity contribution in [2.45, 2.75) is 39.8 Å². The highest BCUT2D eigenvalue weighted by atomic mass is 32.1. The molecule has 0 fully saturated rings. The highest BCUT2D eigenvalue weighted by molar-refractivity contribution is 7.80. The van der Waals surface area contributed by atoms with Crippen LogP contribution in [0, 0.1) is 0 Å². The van der Waals surface area contributed by atoms with Crippen molar-refractivity contribution in [3.63, 3.8) is 0 Å². The van der Waals surface area contributed by atoms with Crippen LogP contribution in [0.25, 0.3) is 0 Å². The second-order valence-corrected chi connectivity index (χ2v) is 4.78. The first kappa shape index (κ1) is 14.1. The van der Waals surface area contributed by atoms with E-state index in [9.17, 15) is 0 Å². The third kappa shape index (κ3) is 3.79. The average Bonchev–Trinajstić information content (AvgIpc) is 2.35. The van der Waals surface area contributed by atoms with Gasteiger partial charge in [0, 0.05) is 18.2 Å². The summed E-state index contributed by atoms with van der Waals surface area (Å²) in [5, 5.41) is 0. The van der Waals surface area contributed by atoms with Gasteiger partial charge in [0.1, 0.15) is 4.99 Å². The Labute approximate surface area is 110 Å². The minimum absolute atomic E-state index is 0.487. The van der Waals surface area contributed by atoms with Gasteiger partial charge < -0.3 is 5.73 Å². The normalized spacial score (nSPS) is 12.7. The lowest BCUT2D eigenvalue weighted by molar-refractivity contribution is 0.206. The summed E-state index contributed by atoms with van der Waals surface area (Å²) in [7, 11) is 0. The van der Waals surface area contributed by atoms with Gasteiger partial charge >= 0.3 is 0 Å². The molecule has 0 bridgehead atoms. The van der Waals surface area contributed by atoms with Crippen LogP contribution in [-0.4, -0.2) is 22.5 Å². The van der Waals surface area contributed by atoms with Crippen LogP contribution in [0.15, 0.2) is 24.3 Å². The highest BCUT2D eigenvalue weighted by Crippen LogP contribution is 2.14. The zero-order valence-corrected chi connectivity index (χ0v) is 11.8. The van der Waals surface area contributed by atoms with E-state index >= 15 is 0 Å². The Bertz CT molecular complexity index is 376. The summed E-state index contributed by atoms with van der Waals surface area (Å²) in [6.45, 7) is 8.62. The van der Waals surface area contributed by atoms with Crippen molar-refractivity contribution >= 4 is 17.2 Å². The van der Waals surface area contributed by atoms with E-state index in [0.717, 1.165) is 25.1 Å². The Morgan fingerprint density at radius 3 is 2.53 bits per heavy atom. The van der Waals surface area contributed by atoms with Gasteiger partial charge in [-0.1, -0.05) is 50.3 Å². The van der Waals surface area contributed by atoms with Gasteiger partial charge in [-0.15, -0.1) is 0 Å². The van der Waals surface area contributed by atoms with E-state index in [-0.39, 0.29) is 0 Å². The average molecular weight is 250 g/mol. The van der Waals surface area contributed by atoms with E-state index in [1.807, 2.05) is 18.2 Å². The van der Waals surface area contributed by atoms with Crippen molar-refractivity contribution in [1.82, 2.24) is 4.90 Å².